The standard InChI is InChI=1S/C25H27N5O5S3/c1-15-10-11-18(17(13-15)21(31)16-7-3-4-8-16)28-22(32)23(33)30-25-29-19(14-27-38(2,34)35)24(37-25)36-20-9-5-6-12-26-20/h5-6,9-13,16,27H,3-4,7-8,14H2,1-2H3,(H,28,32)(H,29,30,33). The van der Waals surface area contributed by atoms with Crippen LogP contribution in [0.1, 0.15) is 47.3 Å². The first-order valence-corrected chi connectivity index (χ1v) is 15.4. The number of hydrogen-bond donors (Lipinski definition) is 3. The van der Waals surface area contributed by atoms with E-state index in [0.717, 1.165) is 48.8 Å². The minimum absolute atomic E-state index is 0.0268. The molecule has 1 aromatic carbocycles. The minimum atomic E-state index is -3.48. The first-order valence-electron chi connectivity index (χ1n) is 11.9. The molecule has 3 N–H and O–H groups in total. The van der Waals surface area contributed by atoms with Gasteiger partial charge in [-0.25, -0.2) is 23.1 Å². The van der Waals surface area contributed by atoms with E-state index in [9.17, 15) is 22.8 Å². The van der Waals surface area contributed by atoms with Crippen LogP contribution in [0.2, 0.25) is 0 Å². The summed E-state index contributed by atoms with van der Waals surface area (Å²) in [5.74, 6) is -2.01. The Morgan fingerprint density at radius 1 is 1.08 bits per heavy atom. The predicted octanol–water partition coefficient (Wildman–Crippen LogP) is 4.00. The van der Waals surface area contributed by atoms with Crippen LogP contribution < -0.4 is 15.4 Å². The van der Waals surface area contributed by atoms with Gasteiger partial charge >= 0.3 is 11.8 Å². The summed E-state index contributed by atoms with van der Waals surface area (Å²) >= 11 is 2.36. The van der Waals surface area contributed by atoms with Crippen LogP contribution in [0.25, 0.3) is 0 Å². The molecule has 3 aromatic rings. The zero-order valence-electron chi connectivity index (χ0n) is 20.8. The number of benzene rings is 1. The van der Waals surface area contributed by atoms with Gasteiger partial charge in [-0.2, -0.15) is 0 Å². The number of ketones is 1. The van der Waals surface area contributed by atoms with Crippen molar-refractivity contribution in [3.05, 3.63) is 59.4 Å². The van der Waals surface area contributed by atoms with E-state index in [2.05, 4.69) is 25.3 Å². The first kappa shape index (κ1) is 27.9. The van der Waals surface area contributed by atoms with Gasteiger partial charge < -0.3 is 5.32 Å². The number of rotatable bonds is 9. The minimum Gasteiger partial charge on any atom is -0.317 e. The van der Waals surface area contributed by atoms with Crippen LogP contribution in [-0.4, -0.2) is 42.2 Å². The van der Waals surface area contributed by atoms with Gasteiger partial charge in [0.25, 0.3) is 0 Å². The number of carbonyl (C=O) groups is 3. The van der Waals surface area contributed by atoms with Crippen molar-refractivity contribution in [1.29, 1.82) is 0 Å². The largest absolute Gasteiger partial charge is 0.317 e. The summed E-state index contributed by atoms with van der Waals surface area (Å²) in [6.07, 6.45) is 6.31. The molecule has 2 heterocycles. The van der Waals surface area contributed by atoms with E-state index in [-0.39, 0.29) is 29.1 Å². The Hall–Kier alpha value is -3.13. The molecule has 200 valence electrons. The van der Waals surface area contributed by atoms with Crippen molar-refractivity contribution < 1.29 is 22.8 Å². The Morgan fingerprint density at radius 2 is 1.82 bits per heavy atom. The number of nitrogens with zero attached hydrogens (tertiary/aromatic N) is 2. The highest BCUT2D eigenvalue weighted by Gasteiger charge is 2.27. The van der Waals surface area contributed by atoms with Crippen molar-refractivity contribution in [2.75, 3.05) is 16.9 Å². The van der Waals surface area contributed by atoms with E-state index in [1.54, 1.807) is 36.5 Å². The molecule has 0 atom stereocenters. The Labute approximate surface area is 229 Å². The normalized spacial score (nSPS) is 13.8. The summed E-state index contributed by atoms with van der Waals surface area (Å²) < 4.78 is 26.2. The molecule has 0 unspecified atom stereocenters. The number of aryl methyl sites for hydroxylation is 1. The fourth-order valence-electron chi connectivity index (χ4n) is 4.00. The van der Waals surface area contributed by atoms with Crippen LogP contribution >= 0.6 is 23.1 Å². The van der Waals surface area contributed by atoms with Gasteiger partial charge in [0.1, 0.15) is 5.03 Å². The van der Waals surface area contributed by atoms with Crippen LogP contribution in [0.5, 0.6) is 0 Å². The third-order valence-corrected chi connectivity index (χ3v) is 8.69. The zero-order chi connectivity index (χ0) is 27.3. The number of hydrogen-bond acceptors (Lipinski definition) is 9. The van der Waals surface area contributed by atoms with Crippen LogP contribution in [-0.2, 0) is 26.2 Å². The van der Waals surface area contributed by atoms with Gasteiger partial charge in [-0.1, -0.05) is 53.6 Å². The van der Waals surface area contributed by atoms with Gasteiger partial charge in [-0.05, 0) is 44.0 Å². The van der Waals surface area contributed by atoms with E-state index in [1.165, 1.54) is 11.8 Å². The molecule has 1 fully saturated rings. The highest BCUT2D eigenvalue weighted by Crippen LogP contribution is 2.36. The van der Waals surface area contributed by atoms with Gasteiger partial charge in [-0.3, -0.25) is 19.7 Å². The summed E-state index contributed by atoms with van der Waals surface area (Å²) in [4.78, 5) is 47.2. The number of anilines is 2. The number of sulfonamides is 1. The third-order valence-electron chi connectivity index (χ3n) is 5.84. The molecule has 10 nitrogen and oxygen atoms in total. The quantitative estimate of drug-likeness (QED) is 0.257. The second-order valence-electron chi connectivity index (χ2n) is 8.92. The molecule has 2 aromatic heterocycles. The van der Waals surface area contributed by atoms with Crippen molar-refractivity contribution in [3.8, 4) is 0 Å². The molecule has 1 aliphatic rings. The SMILES string of the molecule is Cc1ccc(NC(=O)C(=O)Nc2nc(CNS(C)(=O)=O)c(Sc3ccccn3)s2)c(C(=O)C2CCCC2)c1. The number of nitrogens with one attached hydrogen (secondary N) is 3. The van der Waals surface area contributed by atoms with E-state index in [0.29, 0.717) is 20.5 Å². The summed E-state index contributed by atoms with van der Waals surface area (Å²) in [6.45, 7) is 1.77. The smallest absolute Gasteiger partial charge is 0.315 e. The van der Waals surface area contributed by atoms with Gasteiger partial charge in [-0.15, -0.1) is 0 Å². The Balaban J connectivity index is 1.49. The second kappa shape index (κ2) is 12.2. The number of carbonyl (C=O) groups excluding carboxylic acids is 3. The van der Waals surface area contributed by atoms with Crippen LogP contribution in [0.3, 0.4) is 0 Å². The lowest BCUT2D eigenvalue weighted by Crippen LogP contribution is -2.30. The van der Waals surface area contributed by atoms with Gasteiger partial charge in [0.15, 0.2) is 10.9 Å². The molecule has 0 saturated heterocycles. The fraction of sp³-hybridized carbons (Fsp3) is 0.320. The molecular formula is C25H27N5O5S3. The van der Waals surface area contributed by atoms with Gasteiger partial charge in [0, 0.05) is 17.7 Å². The molecule has 1 aliphatic carbocycles. The van der Waals surface area contributed by atoms with E-state index >= 15 is 0 Å². The highest BCUT2D eigenvalue weighted by molar-refractivity contribution is 8.01. The average molecular weight is 574 g/mol. The number of amides is 2. The van der Waals surface area contributed by atoms with E-state index in [1.807, 2.05) is 13.0 Å². The maximum Gasteiger partial charge on any atom is 0.315 e. The molecule has 0 bridgehead atoms. The van der Waals surface area contributed by atoms with E-state index < -0.39 is 21.8 Å². The third kappa shape index (κ3) is 7.47. The monoisotopic (exact) mass is 573 g/mol. The Morgan fingerprint density at radius 3 is 2.50 bits per heavy atom. The summed E-state index contributed by atoms with van der Waals surface area (Å²) in [5, 5.41) is 5.83. The molecule has 13 heteroatoms. The second-order valence-corrected chi connectivity index (χ2v) is 13.0. The number of aromatic nitrogens is 2. The van der Waals surface area contributed by atoms with Crippen molar-refractivity contribution in [1.82, 2.24) is 14.7 Å². The molecular weight excluding hydrogens is 547 g/mol. The fourth-order valence-corrected chi connectivity index (χ4v) is 6.45. The lowest BCUT2D eigenvalue weighted by molar-refractivity contribution is -0.133. The average Bonchev–Trinajstić information content (AvgIpc) is 3.54. The number of Topliss-reactive ketones (excluding diaryl/α,β-unsaturated/α-hetero) is 1. The molecule has 1 saturated carbocycles. The van der Waals surface area contributed by atoms with Crippen molar-refractivity contribution in [2.45, 2.75) is 48.4 Å². The maximum absolute atomic E-state index is 13.1. The topological polar surface area (TPSA) is 147 Å². The van der Waals surface area contributed by atoms with Crippen LogP contribution in [0, 0.1) is 12.8 Å². The van der Waals surface area contributed by atoms with Crippen molar-refractivity contribution >= 4 is 61.5 Å². The molecule has 4 rings (SSSR count). The summed E-state index contributed by atoms with van der Waals surface area (Å²) in [5.41, 5.74) is 1.95. The Kier molecular flexibility index (Phi) is 8.92. The van der Waals surface area contributed by atoms with Crippen molar-refractivity contribution in [2.24, 2.45) is 5.92 Å². The number of pyridine rings is 1. The molecule has 0 radical (unpaired) electrons. The summed E-state index contributed by atoms with van der Waals surface area (Å²) in [7, 11) is -3.48. The van der Waals surface area contributed by atoms with Crippen LogP contribution in [0.4, 0.5) is 10.8 Å². The number of thiazole rings is 1. The maximum atomic E-state index is 13.1. The lowest BCUT2D eigenvalue weighted by Gasteiger charge is -2.14. The molecule has 2 amide bonds. The predicted molar refractivity (Wildman–Crippen MR) is 147 cm³/mol. The van der Waals surface area contributed by atoms with E-state index in [4.69, 9.17) is 0 Å². The highest BCUT2D eigenvalue weighted by atomic mass is 32.2. The Bertz CT molecular complexity index is 1450. The molecule has 38 heavy (non-hydrogen) atoms. The van der Waals surface area contributed by atoms with Gasteiger partial charge in [0.05, 0.1) is 28.4 Å². The van der Waals surface area contributed by atoms with Crippen molar-refractivity contribution in [3.63, 3.8) is 0 Å². The molecule has 0 aliphatic heterocycles. The summed E-state index contributed by atoms with van der Waals surface area (Å²) in [6, 6.07) is 10.5. The zero-order valence-corrected chi connectivity index (χ0v) is 23.3. The first-order chi connectivity index (χ1) is 18.1. The van der Waals surface area contributed by atoms with Gasteiger partial charge in [0.2, 0.25) is 10.0 Å². The van der Waals surface area contributed by atoms with Crippen LogP contribution in [0.15, 0.2) is 51.8 Å². The lowest BCUT2D eigenvalue weighted by atomic mass is 9.94. The molecule has 0 spiro atoms.